The number of methoxy groups -OCH3 is 1. The first-order valence-corrected chi connectivity index (χ1v) is 7.21. The first-order valence-electron chi connectivity index (χ1n) is 6.83. The van der Waals surface area contributed by atoms with Crippen molar-refractivity contribution in [2.24, 2.45) is 0 Å². The summed E-state index contributed by atoms with van der Waals surface area (Å²) in [6.45, 7) is 4.04. The number of rotatable bonds is 3. The van der Waals surface area contributed by atoms with Crippen molar-refractivity contribution >= 4 is 11.6 Å². The van der Waals surface area contributed by atoms with Gasteiger partial charge in [-0.2, -0.15) is 4.98 Å². The lowest BCUT2D eigenvalue weighted by Crippen LogP contribution is -1.90. The summed E-state index contributed by atoms with van der Waals surface area (Å²) >= 11 is 6.05. The van der Waals surface area contributed by atoms with Crippen molar-refractivity contribution in [1.29, 1.82) is 0 Å². The lowest BCUT2D eigenvalue weighted by atomic mass is 10.1. The average molecular weight is 315 g/mol. The zero-order chi connectivity index (χ0) is 15.7. The molecule has 1 aromatic heterocycles. The molecule has 0 N–H and O–H groups in total. The molecule has 5 heteroatoms. The molecular weight excluding hydrogens is 300 g/mol. The average Bonchev–Trinajstić information content (AvgIpc) is 2.99. The van der Waals surface area contributed by atoms with Gasteiger partial charge in [0, 0.05) is 10.6 Å². The van der Waals surface area contributed by atoms with Crippen LogP contribution in [0.1, 0.15) is 11.1 Å². The fourth-order valence-corrected chi connectivity index (χ4v) is 2.44. The molecule has 0 fully saturated rings. The van der Waals surface area contributed by atoms with Crippen LogP contribution in [0, 0.1) is 13.8 Å². The minimum Gasteiger partial charge on any atom is -0.496 e. The Bertz CT molecular complexity index is 827. The topological polar surface area (TPSA) is 48.2 Å². The van der Waals surface area contributed by atoms with E-state index in [0.717, 1.165) is 16.7 Å². The number of hydrogen-bond donors (Lipinski definition) is 0. The Morgan fingerprint density at radius 2 is 1.86 bits per heavy atom. The number of nitrogens with zero attached hydrogens (tertiary/aromatic N) is 2. The van der Waals surface area contributed by atoms with Gasteiger partial charge in [-0.25, -0.2) is 0 Å². The van der Waals surface area contributed by atoms with Crippen LogP contribution in [0.5, 0.6) is 5.75 Å². The van der Waals surface area contributed by atoms with Gasteiger partial charge in [-0.3, -0.25) is 0 Å². The molecule has 0 aliphatic carbocycles. The van der Waals surface area contributed by atoms with Gasteiger partial charge in [0.1, 0.15) is 5.75 Å². The first-order chi connectivity index (χ1) is 10.6. The van der Waals surface area contributed by atoms with E-state index < -0.39 is 0 Å². The summed E-state index contributed by atoms with van der Waals surface area (Å²) in [6.07, 6.45) is 0. The van der Waals surface area contributed by atoms with Gasteiger partial charge < -0.3 is 9.26 Å². The van der Waals surface area contributed by atoms with Crippen molar-refractivity contribution in [2.75, 3.05) is 7.11 Å². The van der Waals surface area contributed by atoms with Crippen LogP contribution in [0.15, 0.2) is 40.9 Å². The van der Waals surface area contributed by atoms with Gasteiger partial charge in [0.2, 0.25) is 5.82 Å². The van der Waals surface area contributed by atoms with E-state index in [4.69, 9.17) is 20.9 Å². The quantitative estimate of drug-likeness (QED) is 0.704. The molecule has 2 aromatic carbocycles. The molecule has 3 rings (SSSR count). The molecule has 0 saturated heterocycles. The smallest absolute Gasteiger partial charge is 0.258 e. The molecule has 0 bridgehead atoms. The van der Waals surface area contributed by atoms with Crippen LogP contribution in [-0.4, -0.2) is 17.3 Å². The van der Waals surface area contributed by atoms with E-state index in [1.165, 1.54) is 0 Å². The Morgan fingerprint density at radius 1 is 1.05 bits per heavy atom. The Morgan fingerprint density at radius 3 is 2.64 bits per heavy atom. The van der Waals surface area contributed by atoms with Gasteiger partial charge in [0.15, 0.2) is 0 Å². The van der Waals surface area contributed by atoms with Crippen LogP contribution in [0.25, 0.3) is 22.8 Å². The fourth-order valence-electron chi connectivity index (χ4n) is 2.26. The molecule has 0 spiro atoms. The molecular formula is C17H15ClN2O2. The second kappa shape index (κ2) is 5.81. The van der Waals surface area contributed by atoms with Crippen LogP contribution in [0.4, 0.5) is 0 Å². The highest BCUT2D eigenvalue weighted by Gasteiger charge is 2.16. The van der Waals surface area contributed by atoms with E-state index in [2.05, 4.69) is 16.2 Å². The molecule has 22 heavy (non-hydrogen) atoms. The van der Waals surface area contributed by atoms with Gasteiger partial charge in [-0.1, -0.05) is 34.5 Å². The predicted molar refractivity (Wildman–Crippen MR) is 86.2 cm³/mol. The van der Waals surface area contributed by atoms with Crippen LogP contribution in [0.2, 0.25) is 5.02 Å². The zero-order valence-electron chi connectivity index (χ0n) is 12.6. The third kappa shape index (κ3) is 2.70. The number of ether oxygens (including phenoxy) is 1. The molecule has 0 aliphatic heterocycles. The zero-order valence-corrected chi connectivity index (χ0v) is 13.3. The summed E-state index contributed by atoms with van der Waals surface area (Å²) in [5.74, 6) is 1.59. The molecule has 0 radical (unpaired) electrons. The molecule has 0 atom stereocenters. The number of hydrogen-bond acceptors (Lipinski definition) is 4. The van der Waals surface area contributed by atoms with Crippen molar-refractivity contribution in [3.05, 3.63) is 52.5 Å². The summed E-state index contributed by atoms with van der Waals surface area (Å²) in [5.41, 5.74) is 3.86. The Balaban J connectivity index is 2.08. The Kier molecular flexibility index (Phi) is 3.86. The normalized spacial score (nSPS) is 10.7. The van der Waals surface area contributed by atoms with Crippen LogP contribution in [0.3, 0.4) is 0 Å². The van der Waals surface area contributed by atoms with Gasteiger partial charge in [-0.15, -0.1) is 0 Å². The number of benzene rings is 2. The minimum atomic E-state index is 0.454. The summed E-state index contributed by atoms with van der Waals surface area (Å²) in [6, 6.07) is 11.4. The third-order valence-electron chi connectivity index (χ3n) is 3.45. The molecule has 0 aliphatic rings. The molecule has 3 aromatic rings. The standard InChI is InChI=1S/C17H15ClN2O2/c1-10-4-5-11(2)13(8-10)17-19-16(20-22-17)14-9-12(18)6-7-15(14)21-3/h4-9H,1-3H3. The number of aryl methyl sites for hydroxylation is 2. The second-order valence-electron chi connectivity index (χ2n) is 5.09. The molecule has 4 nitrogen and oxygen atoms in total. The maximum absolute atomic E-state index is 6.05. The Labute approximate surface area is 133 Å². The fraction of sp³-hybridized carbons (Fsp3) is 0.176. The van der Waals surface area contributed by atoms with Gasteiger partial charge in [-0.05, 0) is 43.7 Å². The minimum absolute atomic E-state index is 0.454. The number of aromatic nitrogens is 2. The van der Waals surface area contributed by atoms with E-state index in [9.17, 15) is 0 Å². The van der Waals surface area contributed by atoms with E-state index in [-0.39, 0.29) is 0 Å². The molecule has 0 amide bonds. The SMILES string of the molecule is COc1ccc(Cl)cc1-c1noc(-c2cc(C)ccc2C)n1. The van der Waals surface area contributed by atoms with Crippen LogP contribution in [-0.2, 0) is 0 Å². The van der Waals surface area contributed by atoms with Gasteiger partial charge in [0.05, 0.1) is 12.7 Å². The third-order valence-corrected chi connectivity index (χ3v) is 3.69. The molecule has 1 heterocycles. The highest BCUT2D eigenvalue weighted by atomic mass is 35.5. The van der Waals surface area contributed by atoms with E-state index in [1.54, 1.807) is 25.3 Å². The first kappa shape index (κ1) is 14.6. The summed E-state index contributed by atoms with van der Waals surface area (Å²) in [7, 11) is 1.60. The van der Waals surface area contributed by atoms with Crippen molar-refractivity contribution in [3.63, 3.8) is 0 Å². The molecule has 0 unspecified atom stereocenters. The highest BCUT2D eigenvalue weighted by molar-refractivity contribution is 6.30. The van der Waals surface area contributed by atoms with E-state index >= 15 is 0 Å². The maximum Gasteiger partial charge on any atom is 0.258 e. The van der Waals surface area contributed by atoms with Crippen LogP contribution >= 0.6 is 11.6 Å². The van der Waals surface area contributed by atoms with E-state index in [1.807, 2.05) is 26.0 Å². The highest BCUT2D eigenvalue weighted by Crippen LogP contribution is 2.32. The number of halogens is 1. The van der Waals surface area contributed by atoms with Crippen molar-refractivity contribution in [3.8, 4) is 28.6 Å². The molecule has 112 valence electrons. The summed E-state index contributed by atoms with van der Waals surface area (Å²) in [5, 5.41) is 4.65. The van der Waals surface area contributed by atoms with Gasteiger partial charge >= 0.3 is 0 Å². The second-order valence-corrected chi connectivity index (χ2v) is 5.52. The lowest BCUT2D eigenvalue weighted by molar-refractivity contribution is 0.413. The Hall–Kier alpha value is -2.33. The van der Waals surface area contributed by atoms with Crippen LogP contribution < -0.4 is 4.74 Å². The lowest BCUT2D eigenvalue weighted by Gasteiger charge is -2.04. The largest absolute Gasteiger partial charge is 0.496 e. The van der Waals surface area contributed by atoms with Gasteiger partial charge in [0.25, 0.3) is 5.89 Å². The maximum atomic E-state index is 6.05. The van der Waals surface area contributed by atoms with E-state index in [0.29, 0.717) is 28.1 Å². The van der Waals surface area contributed by atoms with Crippen molar-refractivity contribution in [1.82, 2.24) is 10.1 Å². The summed E-state index contributed by atoms with van der Waals surface area (Å²) < 4.78 is 10.8. The summed E-state index contributed by atoms with van der Waals surface area (Å²) in [4.78, 5) is 4.49. The monoisotopic (exact) mass is 314 g/mol. The van der Waals surface area contributed by atoms with Crippen molar-refractivity contribution < 1.29 is 9.26 Å². The predicted octanol–water partition coefficient (Wildman–Crippen LogP) is 4.68. The molecule has 0 saturated carbocycles. The van der Waals surface area contributed by atoms with Crippen molar-refractivity contribution in [2.45, 2.75) is 13.8 Å².